The molecule has 1 aromatic carbocycles. The quantitative estimate of drug-likeness (QED) is 0.345. The molecule has 1 aromatic rings. The molecule has 0 aliphatic heterocycles. The number of nitrogens with two attached hydrogens (primary N) is 2. The number of carboxylic acids is 1. The van der Waals surface area contributed by atoms with Crippen molar-refractivity contribution < 1.29 is 24.3 Å². The van der Waals surface area contributed by atoms with E-state index in [0.717, 1.165) is 5.56 Å². The monoisotopic (exact) mass is 350 g/mol. The number of benzene rings is 1. The number of primary amides is 1. The first kappa shape index (κ1) is 20.1. The summed E-state index contributed by atoms with van der Waals surface area (Å²) in [6.45, 7) is -0.599. The Labute approximate surface area is 144 Å². The van der Waals surface area contributed by atoms with Gasteiger partial charge in [-0.25, -0.2) is 0 Å². The second-order valence-corrected chi connectivity index (χ2v) is 5.47. The van der Waals surface area contributed by atoms with Crippen molar-refractivity contribution in [1.29, 1.82) is 0 Å². The maximum absolute atomic E-state index is 12.2. The third kappa shape index (κ3) is 7.93. The normalized spacial score (nSPS) is 12.7. The van der Waals surface area contributed by atoms with Gasteiger partial charge in [0.15, 0.2) is 0 Å². The zero-order valence-electron chi connectivity index (χ0n) is 13.6. The van der Waals surface area contributed by atoms with Crippen LogP contribution in [-0.4, -0.2) is 47.4 Å². The molecule has 0 saturated carbocycles. The van der Waals surface area contributed by atoms with E-state index in [1.54, 1.807) is 0 Å². The molecule has 0 bridgehead atoms. The largest absolute Gasteiger partial charge is 0.480 e. The van der Waals surface area contributed by atoms with Crippen molar-refractivity contribution in [2.45, 2.75) is 31.3 Å². The van der Waals surface area contributed by atoms with Crippen molar-refractivity contribution in [1.82, 2.24) is 10.6 Å². The highest BCUT2D eigenvalue weighted by molar-refractivity contribution is 5.91. The summed E-state index contributed by atoms with van der Waals surface area (Å²) in [5, 5.41) is 13.2. The summed E-state index contributed by atoms with van der Waals surface area (Å²) >= 11 is 0. The fraction of sp³-hybridized carbons (Fsp3) is 0.375. The molecule has 1 rings (SSSR count). The minimum atomic E-state index is -1.23. The molecule has 7 N–H and O–H groups in total. The first-order valence-electron chi connectivity index (χ1n) is 7.67. The second-order valence-electron chi connectivity index (χ2n) is 5.47. The van der Waals surface area contributed by atoms with Gasteiger partial charge in [-0.3, -0.25) is 19.2 Å². The van der Waals surface area contributed by atoms with Gasteiger partial charge in [0.05, 0.1) is 6.04 Å². The number of carboxylic acid groups (broad SMARTS) is 1. The minimum Gasteiger partial charge on any atom is -0.480 e. The summed E-state index contributed by atoms with van der Waals surface area (Å²) in [5.41, 5.74) is 11.8. The van der Waals surface area contributed by atoms with E-state index in [-0.39, 0.29) is 19.3 Å². The highest BCUT2D eigenvalue weighted by Gasteiger charge is 2.24. The molecule has 0 saturated heterocycles. The van der Waals surface area contributed by atoms with E-state index < -0.39 is 42.3 Å². The number of carbonyl (C=O) groups is 4. The molecule has 9 heteroatoms. The summed E-state index contributed by atoms with van der Waals surface area (Å²) in [4.78, 5) is 45.6. The van der Waals surface area contributed by atoms with Gasteiger partial charge in [0, 0.05) is 6.42 Å². The summed E-state index contributed by atoms with van der Waals surface area (Å²) in [7, 11) is 0. The fourth-order valence-electron chi connectivity index (χ4n) is 2.08. The van der Waals surface area contributed by atoms with Crippen molar-refractivity contribution in [3.63, 3.8) is 0 Å². The molecule has 0 aliphatic rings. The molecular formula is C16H22N4O5. The molecule has 136 valence electrons. The lowest BCUT2D eigenvalue weighted by atomic mass is 10.0. The van der Waals surface area contributed by atoms with Crippen LogP contribution in [0.4, 0.5) is 0 Å². The smallest absolute Gasteiger partial charge is 0.322 e. The van der Waals surface area contributed by atoms with Crippen LogP contribution < -0.4 is 22.1 Å². The molecular weight excluding hydrogens is 328 g/mol. The van der Waals surface area contributed by atoms with Crippen LogP contribution in [0.25, 0.3) is 0 Å². The summed E-state index contributed by atoms with van der Waals surface area (Å²) in [6, 6.07) is 7.10. The van der Waals surface area contributed by atoms with Crippen molar-refractivity contribution in [3.05, 3.63) is 35.9 Å². The highest BCUT2D eigenvalue weighted by atomic mass is 16.4. The van der Waals surface area contributed by atoms with Crippen molar-refractivity contribution in [2.24, 2.45) is 11.5 Å². The Balaban J connectivity index is 2.67. The predicted molar refractivity (Wildman–Crippen MR) is 89.1 cm³/mol. The van der Waals surface area contributed by atoms with E-state index in [0.29, 0.717) is 0 Å². The fourth-order valence-corrected chi connectivity index (χ4v) is 2.08. The summed E-state index contributed by atoms with van der Waals surface area (Å²) < 4.78 is 0. The van der Waals surface area contributed by atoms with Gasteiger partial charge < -0.3 is 27.2 Å². The van der Waals surface area contributed by atoms with E-state index in [4.69, 9.17) is 16.6 Å². The van der Waals surface area contributed by atoms with E-state index in [1.807, 2.05) is 30.3 Å². The number of hydrogen-bond donors (Lipinski definition) is 5. The average Bonchev–Trinajstić information content (AvgIpc) is 2.56. The van der Waals surface area contributed by atoms with Gasteiger partial charge in [-0.15, -0.1) is 0 Å². The van der Waals surface area contributed by atoms with Crippen molar-refractivity contribution in [2.75, 3.05) is 6.54 Å². The van der Waals surface area contributed by atoms with Crippen molar-refractivity contribution >= 4 is 23.7 Å². The Morgan fingerprint density at radius 3 is 2.28 bits per heavy atom. The van der Waals surface area contributed by atoms with Crippen LogP contribution in [0, 0.1) is 0 Å². The average molecular weight is 350 g/mol. The van der Waals surface area contributed by atoms with E-state index in [1.165, 1.54) is 0 Å². The Morgan fingerprint density at radius 1 is 1.08 bits per heavy atom. The molecule has 0 fully saturated rings. The molecule has 0 spiro atoms. The molecule has 9 nitrogen and oxygen atoms in total. The van der Waals surface area contributed by atoms with Crippen LogP contribution >= 0.6 is 0 Å². The molecule has 3 amide bonds. The number of rotatable bonds is 10. The van der Waals surface area contributed by atoms with Crippen LogP contribution in [-0.2, 0) is 25.6 Å². The van der Waals surface area contributed by atoms with Gasteiger partial charge in [0.2, 0.25) is 17.7 Å². The zero-order valence-corrected chi connectivity index (χ0v) is 13.6. The van der Waals surface area contributed by atoms with Gasteiger partial charge in [-0.1, -0.05) is 30.3 Å². The molecule has 0 aliphatic carbocycles. The summed E-state index contributed by atoms with van der Waals surface area (Å²) in [5.74, 6) is -3.17. The van der Waals surface area contributed by atoms with E-state index in [2.05, 4.69) is 10.6 Å². The van der Waals surface area contributed by atoms with Gasteiger partial charge in [-0.2, -0.15) is 0 Å². The standard InChI is InChI=1S/C16H22N4O5/c17-11(8-10-4-2-1-3-5-10)15(24)20-12(6-7-13(18)21)16(25)19-9-14(22)23/h1-5,11-12H,6-9,17H2,(H2,18,21)(H,19,25)(H,20,24)(H,22,23)/t11-,12-/m0/s1. The maximum Gasteiger partial charge on any atom is 0.322 e. The number of hydrogen-bond acceptors (Lipinski definition) is 5. The second kappa shape index (κ2) is 10.0. The molecule has 25 heavy (non-hydrogen) atoms. The topological polar surface area (TPSA) is 165 Å². The number of aliphatic carboxylic acids is 1. The summed E-state index contributed by atoms with van der Waals surface area (Å²) in [6.07, 6.45) is 0.0793. The molecule has 0 unspecified atom stereocenters. The van der Waals surface area contributed by atoms with Crippen molar-refractivity contribution in [3.8, 4) is 0 Å². The van der Waals surface area contributed by atoms with E-state index >= 15 is 0 Å². The Morgan fingerprint density at radius 2 is 1.72 bits per heavy atom. The van der Waals surface area contributed by atoms with Gasteiger partial charge in [0.1, 0.15) is 12.6 Å². The van der Waals surface area contributed by atoms with E-state index in [9.17, 15) is 19.2 Å². The first-order valence-corrected chi connectivity index (χ1v) is 7.67. The predicted octanol–water partition coefficient (Wildman–Crippen LogP) is -1.49. The highest BCUT2D eigenvalue weighted by Crippen LogP contribution is 2.03. The minimum absolute atomic E-state index is 0.0510. The SMILES string of the molecule is NC(=O)CC[C@H](NC(=O)[C@@H](N)Cc1ccccc1)C(=O)NCC(=O)O. The van der Waals surface area contributed by atoms with Crippen LogP contribution in [0.1, 0.15) is 18.4 Å². The lowest BCUT2D eigenvalue weighted by Gasteiger charge is -2.20. The third-order valence-electron chi connectivity index (χ3n) is 3.36. The van der Waals surface area contributed by atoms with Crippen LogP contribution in [0.2, 0.25) is 0 Å². The lowest BCUT2D eigenvalue weighted by Crippen LogP contribution is -2.52. The molecule has 0 heterocycles. The number of nitrogens with one attached hydrogen (secondary N) is 2. The van der Waals surface area contributed by atoms with Gasteiger partial charge in [0.25, 0.3) is 0 Å². The molecule has 0 radical (unpaired) electrons. The Hall–Kier alpha value is -2.94. The van der Waals surface area contributed by atoms with Crippen LogP contribution in [0.5, 0.6) is 0 Å². The molecule has 0 aromatic heterocycles. The number of amides is 3. The Bertz CT molecular complexity index is 620. The maximum atomic E-state index is 12.2. The first-order chi connectivity index (χ1) is 11.8. The Kier molecular flexibility index (Phi) is 8.07. The van der Waals surface area contributed by atoms with Crippen LogP contribution in [0.15, 0.2) is 30.3 Å². The molecule has 2 atom stereocenters. The zero-order chi connectivity index (χ0) is 18.8. The van der Waals surface area contributed by atoms with Crippen LogP contribution in [0.3, 0.4) is 0 Å². The third-order valence-corrected chi connectivity index (χ3v) is 3.36. The number of carbonyl (C=O) groups excluding carboxylic acids is 3. The van der Waals surface area contributed by atoms with Gasteiger partial charge >= 0.3 is 5.97 Å². The van der Waals surface area contributed by atoms with Gasteiger partial charge in [-0.05, 0) is 18.4 Å². The lowest BCUT2D eigenvalue weighted by molar-refractivity contribution is -0.138.